The predicted molar refractivity (Wildman–Crippen MR) is 107 cm³/mol. The Balaban J connectivity index is 1.54. The number of carbonyl (C=O) groups excluding carboxylic acids is 1. The van der Waals surface area contributed by atoms with Crippen LogP contribution in [0, 0.1) is 0 Å². The fourth-order valence-corrected chi connectivity index (χ4v) is 4.67. The minimum Gasteiger partial charge on any atom is -0.454 e. The quantitative estimate of drug-likeness (QED) is 0.689. The molecule has 5 nitrogen and oxygen atoms in total. The molecule has 0 fully saturated rings. The summed E-state index contributed by atoms with van der Waals surface area (Å²) in [7, 11) is 0. The minimum atomic E-state index is -1.14. The van der Waals surface area contributed by atoms with Crippen LogP contribution in [0.4, 0.5) is 5.69 Å². The fraction of sp³-hybridized carbons (Fsp3) is 0.208. The van der Waals surface area contributed by atoms with Gasteiger partial charge in [-0.25, -0.2) is 0 Å². The molecule has 0 bridgehead atoms. The van der Waals surface area contributed by atoms with Crippen molar-refractivity contribution in [2.24, 2.45) is 0 Å². The van der Waals surface area contributed by atoms with Gasteiger partial charge in [-0.15, -0.1) is 0 Å². The Morgan fingerprint density at radius 3 is 2.69 bits per heavy atom. The first-order chi connectivity index (χ1) is 14.3. The molecule has 144 valence electrons. The third kappa shape index (κ3) is 2.28. The summed E-state index contributed by atoms with van der Waals surface area (Å²) >= 11 is 0. The normalized spacial score (nSPS) is 21.4. The molecule has 0 saturated heterocycles. The van der Waals surface area contributed by atoms with E-state index in [2.05, 4.69) is 6.07 Å². The van der Waals surface area contributed by atoms with Gasteiger partial charge in [0.2, 0.25) is 6.79 Å². The van der Waals surface area contributed by atoms with Crippen LogP contribution in [0.2, 0.25) is 0 Å². The molecule has 0 radical (unpaired) electrons. The standard InChI is InChI=1S/C24H19NO4/c26-23-24(18-9-10-20-21(13-18)28-15-27-20)22-17(11-12-29-24)7-4-8-19(22)25(23)14-16-5-2-1-3-6-16/h1-10,13H,11-12,14-15H2. The van der Waals surface area contributed by atoms with Gasteiger partial charge in [0.15, 0.2) is 17.1 Å². The lowest BCUT2D eigenvalue weighted by molar-refractivity contribution is -0.139. The van der Waals surface area contributed by atoms with E-state index >= 15 is 0 Å². The molecule has 0 saturated carbocycles. The summed E-state index contributed by atoms with van der Waals surface area (Å²) in [6.07, 6.45) is 0.794. The summed E-state index contributed by atoms with van der Waals surface area (Å²) in [5.74, 6) is 1.29. The molecular weight excluding hydrogens is 366 g/mol. The van der Waals surface area contributed by atoms with Crippen molar-refractivity contribution in [1.29, 1.82) is 0 Å². The van der Waals surface area contributed by atoms with E-state index < -0.39 is 5.60 Å². The highest BCUT2D eigenvalue weighted by Crippen LogP contribution is 2.52. The van der Waals surface area contributed by atoms with Gasteiger partial charge in [0.1, 0.15) is 0 Å². The Bertz CT molecular complexity index is 1130. The van der Waals surface area contributed by atoms with Crippen LogP contribution in [0.3, 0.4) is 0 Å². The van der Waals surface area contributed by atoms with Crippen molar-refractivity contribution in [2.75, 3.05) is 18.3 Å². The average molecular weight is 385 g/mol. The minimum absolute atomic E-state index is 0.0534. The van der Waals surface area contributed by atoms with Gasteiger partial charge in [-0.2, -0.15) is 0 Å². The Morgan fingerprint density at radius 2 is 1.79 bits per heavy atom. The highest BCUT2D eigenvalue weighted by molar-refractivity contribution is 6.10. The molecule has 6 rings (SSSR count). The molecular formula is C24H19NO4. The van der Waals surface area contributed by atoms with Gasteiger partial charge in [-0.05, 0) is 35.7 Å². The molecule has 0 spiro atoms. The SMILES string of the molecule is O=C1N(Cc2ccccc2)c2cccc3c2C1(c1ccc2c(c1)OCO2)OCC3. The first-order valence-corrected chi connectivity index (χ1v) is 9.80. The van der Waals surface area contributed by atoms with Crippen LogP contribution in [0.1, 0.15) is 22.3 Å². The number of fused-ring (bicyclic) bond motifs is 1. The van der Waals surface area contributed by atoms with E-state index in [4.69, 9.17) is 14.2 Å². The maximum Gasteiger partial charge on any atom is 0.269 e. The highest BCUT2D eigenvalue weighted by Gasteiger charge is 2.56. The van der Waals surface area contributed by atoms with E-state index in [1.165, 1.54) is 0 Å². The summed E-state index contributed by atoms with van der Waals surface area (Å²) in [5.41, 5.74) is 3.78. The van der Waals surface area contributed by atoms with Gasteiger partial charge in [0, 0.05) is 11.1 Å². The van der Waals surface area contributed by atoms with Gasteiger partial charge in [-0.3, -0.25) is 4.79 Å². The van der Waals surface area contributed by atoms with Crippen LogP contribution < -0.4 is 14.4 Å². The molecule has 3 heterocycles. The van der Waals surface area contributed by atoms with E-state index in [1.807, 2.05) is 65.6 Å². The van der Waals surface area contributed by atoms with Crippen molar-refractivity contribution in [3.05, 3.63) is 89.0 Å². The topological polar surface area (TPSA) is 48.0 Å². The van der Waals surface area contributed by atoms with Gasteiger partial charge >= 0.3 is 0 Å². The molecule has 0 aromatic heterocycles. The predicted octanol–water partition coefficient (Wildman–Crippen LogP) is 3.78. The smallest absolute Gasteiger partial charge is 0.269 e. The number of hydrogen-bond donors (Lipinski definition) is 0. The monoisotopic (exact) mass is 385 g/mol. The fourth-order valence-electron chi connectivity index (χ4n) is 4.67. The summed E-state index contributed by atoms with van der Waals surface area (Å²) in [5, 5.41) is 0. The van der Waals surface area contributed by atoms with Crippen LogP contribution in [-0.4, -0.2) is 19.3 Å². The summed E-state index contributed by atoms with van der Waals surface area (Å²) < 4.78 is 17.4. The zero-order chi connectivity index (χ0) is 19.4. The van der Waals surface area contributed by atoms with Gasteiger partial charge in [-0.1, -0.05) is 48.5 Å². The molecule has 3 aromatic rings. The number of ether oxygens (including phenoxy) is 3. The highest BCUT2D eigenvalue weighted by atomic mass is 16.7. The van der Waals surface area contributed by atoms with Crippen molar-refractivity contribution in [3.8, 4) is 11.5 Å². The average Bonchev–Trinajstić information content (AvgIpc) is 3.33. The number of anilines is 1. The second kappa shape index (κ2) is 6.09. The first kappa shape index (κ1) is 16.6. The number of carbonyl (C=O) groups is 1. The second-order valence-corrected chi connectivity index (χ2v) is 7.54. The number of hydrogen-bond acceptors (Lipinski definition) is 4. The third-order valence-corrected chi connectivity index (χ3v) is 5.97. The molecule has 1 unspecified atom stereocenters. The van der Waals surface area contributed by atoms with Crippen LogP contribution in [0.25, 0.3) is 0 Å². The van der Waals surface area contributed by atoms with Crippen LogP contribution in [-0.2, 0) is 28.1 Å². The van der Waals surface area contributed by atoms with Gasteiger partial charge in [0.25, 0.3) is 5.91 Å². The molecule has 1 atom stereocenters. The van der Waals surface area contributed by atoms with E-state index in [9.17, 15) is 4.79 Å². The van der Waals surface area contributed by atoms with Crippen molar-refractivity contribution < 1.29 is 19.0 Å². The molecule has 0 aliphatic carbocycles. The maximum atomic E-state index is 13.9. The van der Waals surface area contributed by atoms with Crippen molar-refractivity contribution >= 4 is 11.6 Å². The van der Waals surface area contributed by atoms with Gasteiger partial charge < -0.3 is 19.1 Å². The number of nitrogens with zero attached hydrogens (tertiary/aromatic N) is 1. The molecule has 3 aliphatic heterocycles. The Hall–Kier alpha value is -3.31. The van der Waals surface area contributed by atoms with E-state index in [1.54, 1.807) is 0 Å². The summed E-state index contributed by atoms with van der Waals surface area (Å²) in [4.78, 5) is 15.8. The molecule has 0 N–H and O–H groups in total. The Kier molecular flexibility index (Phi) is 3.49. The van der Waals surface area contributed by atoms with Crippen LogP contribution in [0.5, 0.6) is 11.5 Å². The van der Waals surface area contributed by atoms with E-state index in [0.29, 0.717) is 24.7 Å². The van der Waals surface area contributed by atoms with Crippen molar-refractivity contribution in [2.45, 2.75) is 18.6 Å². The number of amides is 1. The van der Waals surface area contributed by atoms with Crippen molar-refractivity contribution in [1.82, 2.24) is 0 Å². The second-order valence-electron chi connectivity index (χ2n) is 7.54. The first-order valence-electron chi connectivity index (χ1n) is 9.80. The number of benzene rings is 3. The zero-order valence-electron chi connectivity index (χ0n) is 15.8. The maximum absolute atomic E-state index is 13.9. The molecule has 5 heteroatoms. The van der Waals surface area contributed by atoms with Crippen LogP contribution in [0.15, 0.2) is 66.7 Å². The Labute approximate surface area is 168 Å². The lowest BCUT2D eigenvalue weighted by Crippen LogP contribution is -2.45. The largest absolute Gasteiger partial charge is 0.454 e. The molecule has 1 amide bonds. The van der Waals surface area contributed by atoms with E-state index in [-0.39, 0.29) is 12.7 Å². The lowest BCUT2D eigenvalue weighted by Gasteiger charge is -2.34. The lowest BCUT2D eigenvalue weighted by atomic mass is 9.82. The molecule has 29 heavy (non-hydrogen) atoms. The molecule has 3 aromatic carbocycles. The van der Waals surface area contributed by atoms with Crippen molar-refractivity contribution in [3.63, 3.8) is 0 Å². The van der Waals surface area contributed by atoms with Gasteiger partial charge in [0.05, 0.1) is 18.8 Å². The van der Waals surface area contributed by atoms with Crippen LogP contribution >= 0.6 is 0 Å². The van der Waals surface area contributed by atoms with E-state index in [0.717, 1.165) is 34.4 Å². The zero-order valence-corrected chi connectivity index (χ0v) is 15.8. The molecule has 3 aliphatic rings. The summed E-state index contributed by atoms with van der Waals surface area (Å²) in [6, 6.07) is 21.9. The Morgan fingerprint density at radius 1 is 0.931 bits per heavy atom. The summed E-state index contributed by atoms with van der Waals surface area (Å²) in [6.45, 7) is 1.20. The third-order valence-electron chi connectivity index (χ3n) is 5.97. The number of rotatable bonds is 3.